The minimum atomic E-state index is 0.0533. The molecule has 0 bridgehead atoms. The van der Waals surface area contributed by atoms with Gasteiger partial charge >= 0.3 is 0 Å². The van der Waals surface area contributed by atoms with Crippen molar-refractivity contribution in [3.63, 3.8) is 0 Å². The normalized spacial score (nSPS) is 27.2. The lowest BCUT2D eigenvalue weighted by atomic mass is 9.84. The highest BCUT2D eigenvalue weighted by molar-refractivity contribution is 7.15. The van der Waals surface area contributed by atoms with E-state index < -0.39 is 0 Å². The van der Waals surface area contributed by atoms with Gasteiger partial charge in [0.05, 0.1) is 12.3 Å². The Balaban J connectivity index is 1.62. The van der Waals surface area contributed by atoms with E-state index in [1.54, 1.807) is 11.3 Å². The number of aliphatic hydroxyl groups is 1. The Kier molecular flexibility index (Phi) is 3.40. The molecule has 6 heteroatoms. The van der Waals surface area contributed by atoms with Crippen LogP contribution in [0.4, 0.5) is 5.82 Å². The zero-order chi connectivity index (χ0) is 14.4. The summed E-state index contributed by atoms with van der Waals surface area (Å²) < 4.78 is 2.03. The summed E-state index contributed by atoms with van der Waals surface area (Å²) in [5, 5.41) is 11.8. The number of anilines is 1. The van der Waals surface area contributed by atoms with Crippen LogP contribution in [-0.4, -0.2) is 52.1 Å². The van der Waals surface area contributed by atoms with Crippen molar-refractivity contribution in [3.05, 3.63) is 17.3 Å². The van der Waals surface area contributed by atoms with Crippen LogP contribution in [0, 0.1) is 5.92 Å². The molecule has 2 saturated heterocycles. The fraction of sp³-hybridized carbons (Fsp3) is 0.667. The zero-order valence-corrected chi connectivity index (χ0v) is 13.2. The second-order valence-corrected chi connectivity index (χ2v) is 7.15. The van der Waals surface area contributed by atoms with E-state index in [4.69, 9.17) is 4.98 Å². The van der Waals surface area contributed by atoms with Gasteiger partial charge < -0.3 is 14.9 Å². The Hall–Kier alpha value is -1.11. The van der Waals surface area contributed by atoms with Crippen LogP contribution in [0.5, 0.6) is 0 Å². The average Bonchev–Trinajstić information content (AvgIpc) is 3.07. The number of rotatable bonds is 2. The van der Waals surface area contributed by atoms with Crippen LogP contribution in [0.15, 0.2) is 11.6 Å². The Labute approximate surface area is 128 Å². The van der Waals surface area contributed by atoms with Crippen molar-refractivity contribution >= 4 is 22.1 Å². The fourth-order valence-corrected chi connectivity index (χ4v) is 4.79. The van der Waals surface area contributed by atoms with Crippen LogP contribution in [0.25, 0.3) is 4.96 Å². The van der Waals surface area contributed by atoms with Gasteiger partial charge in [0.15, 0.2) is 10.8 Å². The summed E-state index contributed by atoms with van der Waals surface area (Å²) in [6.07, 6.45) is 5.83. The van der Waals surface area contributed by atoms with Gasteiger partial charge in [0.2, 0.25) is 0 Å². The Morgan fingerprint density at radius 3 is 3.14 bits per heavy atom. The van der Waals surface area contributed by atoms with Crippen molar-refractivity contribution in [1.82, 2.24) is 14.3 Å². The molecular formula is C15H22N4OS. The van der Waals surface area contributed by atoms with Crippen molar-refractivity contribution in [3.8, 4) is 0 Å². The summed E-state index contributed by atoms with van der Waals surface area (Å²) in [5.74, 6) is 1.74. The number of hydrogen-bond acceptors (Lipinski definition) is 5. The van der Waals surface area contributed by atoms with E-state index in [1.165, 1.54) is 25.8 Å². The highest BCUT2D eigenvalue weighted by Gasteiger charge is 2.35. The molecule has 0 amide bonds. The molecule has 1 N–H and O–H groups in total. The van der Waals surface area contributed by atoms with Crippen molar-refractivity contribution in [2.24, 2.45) is 5.92 Å². The molecule has 0 saturated carbocycles. The van der Waals surface area contributed by atoms with Gasteiger partial charge in [-0.25, -0.2) is 4.98 Å². The molecule has 0 aliphatic carbocycles. The topological polar surface area (TPSA) is 44.0 Å². The van der Waals surface area contributed by atoms with Crippen molar-refractivity contribution in [2.75, 3.05) is 31.6 Å². The van der Waals surface area contributed by atoms with E-state index >= 15 is 0 Å². The van der Waals surface area contributed by atoms with Gasteiger partial charge in [-0.05, 0) is 38.8 Å². The van der Waals surface area contributed by atoms with Gasteiger partial charge in [-0.3, -0.25) is 4.40 Å². The van der Waals surface area contributed by atoms with Gasteiger partial charge in [-0.2, -0.15) is 0 Å². The summed E-state index contributed by atoms with van der Waals surface area (Å²) in [7, 11) is 2.26. The number of likely N-dealkylation sites (tertiary alicyclic amines) is 1. The van der Waals surface area contributed by atoms with Crippen LogP contribution in [0.2, 0.25) is 0 Å². The first-order chi connectivity index (χ1) is 10.3. The predicted octanol–water partition coefficient (Wildman–Crippen LogP) is 1.81. The van der Waals surface area contributed by atoms with E-state index in [0.29, 0.717) is 0 Å². The molecule has 2 aromatic rings. The molecule has 0 spiro atoms. The number of nitrogens with zero attached hydrogens (tertiary/aromatic N) is 4. The zero-order valence-electron chi connectivity index (χ0n) is 12.4. The number of thiazole rings is 1. The second kappa shape index (κ2) is 5.26. The quantitative estimate of drug-likeness (QED) is 0.919. The lowest BCUT2D eigenvalue weighted by Gasteiger charge is -2.46. The first-order valence-electron chi connectivity index (χ1n) is 7.78. The van der Waals surface area contributed by atoms with E-state index in [9.17, 15) is 5.11 Å². The number of fused-ring (bicyclic) bond motifs is 2. The molecule has 2 atom stereocenters. The van der Waals surface area contributed by atoms with Gasteiger partial charge in [0.25, 0.3) is 0 Å². The fourth-order valence-electron chi connectivity index (χ4n) is 4.07. The third-order valence-electron chi connectivity index (χ3n) is 5.13. The third kappa shape index (κ3) is 2.17. The number of hydrogen-bond donors (Lipinski definition) is 1. The minimum Gasteiger partial charge on any atom is -0.390 e. The van der Waals surface area contributed by atoms with Crippen LogP contribution in [0.3, 0.4) is 0 Å². The molecule has 2 aromatic heterocycles. The molecule has 5 nitrogen and oxygen atoms in total. The number of aliphatic hydroxyl groups excluding tert-OH is 1. The van der Waals surface area contributed by atoms with Crippen LogP contribution < -0.4 is 4.90 Å². The molecule has 21 heavy (non-hydrogen) atoms. The summed E-state index contributed by atoms with van der Waals surface area (Å²) >= 11 is 1.63. The Morgan fingerprint density at radius 2 is 2.29 bits per heavy atom. The maximum atomic E-state index is 9.74. The van der Waals surface area contributed by atoms with Gasteiger partial charge in [0, 0.05) is 30.7 Å². The lowest BCUT2D eigenvalue weighted by Crippen LogP contribution is -2.53. The van der Waals surface area contributed by atoms with E-state index in [0.717, 1.165) is 41.5 Å². The Morgan fingerprint density at radius 1 is 1.38 bits per heavy atom. The standard InChI is InChI=1S/C15H22N4OS/c1-17-5-2-3-11-9-18(6-4-12(11)17)14-13(10-20)19-7-8-21-15(19)16-14/h7-8,11-12,20H,2-6,9-10H2,1H3. The third-order valence-corrected chi connectivity index (χ3v) is 5.89. The maximum absolute atomic E-state index is 9.74. The molecule has 2 unspecified atom stereocenters. The minimum absolute atomic E-state index is 0.0533. The first-order valence-corrected chi connectivity index (χ1v) is 8.66. The molecule has 0 aromatic carbocycles. The molecule has 4 heterocycles. The number of piperidine rings is 2. The molecule has 0 radical (unpaired) electrons. The summed E-state index contributed by atoms with van der Waals surface area (Å²) in [6.45, 7) is 3.41. The van der Waals surface area contributed by atoms with Crippen molar-refractivity contribution < 1.29 is 5.11 Å². The largest absolute Gasteiger partial charge is 0.390 e. The summed E-state index contributed by atoms with van der Waals surface area (Å²) in [6, 6.07) is 0.733. The Bertz CT molecular complexity index is 637. The summed E-state index contributed by atoms with van der Waals surface area (Å²) in [4.78, 5) is 10.7. The van der Waals surface area contributed by atoms with E-state index in [1.807, 2.05) is 16.0 Å². The lowest BCUT2D eigenvalue weighted by molar-refractivity contribution is 0.102. The molecule has 4 rings (SSSR count). The number of imidazole rings is 1. The number of aromatic nitrogens is 2. The molecular weight excluding hydrogens is 284 g/mol. The highest BCUT2D eigenvalue weighted by Crippen LogP contribution is 2.33. The van der Waals surface area contributed by atoms with E-state index in [2.05, 4.69) is 16.8 Å². The van der Waals surface area contributed by atoms with Gasteiger partial charge in [0.1, 0.15) is 0 Å². The monoisotopic (exact) mass is 306 g/mol. The van der Waals surface area contributed by atoms with Crippen molar-refractivity contribution in [2.45, 2.75) is 31.9 Å². The smallest absolute Gasteiger partial charge is 0.195 e. The maximum Gasteiger partial charge on any atom is 0.195 e. The molecule has 114 valence electrons. The molecule has 2 fully saturated rings. The predicted molar refractivity (Wildman–Crippen MR) is 85.0 cm³/mol. The average molecular weight is 306 g/mol. The van der Waals surface area contributed by atoms with Gasteiger partial charge in [-0.1, -0.05) is 0 Å². The second-order valence-electron chi connectivity index (χ2n) is 6.28. The molecule has 2 aliphatic heterocycles. The molecule has 2 aliphatic rings. The first kappa shape index (κ1) is 13.5. The summed E-state index contributed by atoms with van der Waals surface area (Å²) in [5.41, 5.74) is 0.939. The van der Waals surface area contributed by atoms with Crippen LogP contribution in [0.1, 0.15) is 25.0 Å². The van der Waals surface area contributed by atoms with Crippen LogP contribution >= 0.6 is 11.3 Å². The van der Waals surface area contributed by atoms with Gasteiger partial charge in [-0.15, -0.1) is 11.3 Å². The van der Waals surface area contributed by atoms with Crippen molar-refractivity contribution in [1.29, 1.82) is 0 Å². The highest BCUT2D eigenvalue weighted by atomic mass is 32.1. The SMILES string of the molecule is CN1CCCC2CN(c3nc4sccn4c3CO)CCC21. The van der Waals surface area contributed by atoms with E-state index in [-0.39, 0.29) is 6.61 Å². The van der Waals surface area contributed by atoms with Crippen LogP contribution in [-0.2, 0) is 6.61 Å².